The van der Waals surface area contributed by atoms with Crippen molar-refractivity contribution in [3.63, 3.8) is 0 Å². The second kappa shape index (κ2) is 28.8. The van der Waals surface area contributed by atoms with E-state index < -0.39 is 0 Å². The smallest absolute Gasteiger partial charge is 1.00 e. The molecule has 20 unspecified atom stereocenters. The number of nitrogens with zero attached hydrogens (tertiary/aromatic N) is 6. The summed E-state index contributed by atoms with van der Waals surface area (Å²) in [7, 11) is 26.8. The normalized spacial score (nSPS) is 35.6. The number of nitrogens with one attached hydrogen (secondary N) is 6. The molecule has 6 N–H and O–H groups in total. The summed E-state index contributed by atoms with van der Waals surface area (Å²) in [5.74, 6) is 5.55. The second-order valence-electron chi connectivity index (χ2n) is 30.3. The zero-order chi connectivity index (χ0) is 58.5. The van der Waals surface area contributed by atoms with Crippen LogP contribution >= 0.6 is 0 Å². The predicted octanol–water partition coefficient (Wildman–Crippen LogP) is -2.80. The molecule has 5 saturated heterocycles. The molecule has 16 nitrogen and oxygen atoms in total. The summed E-state index contributed by atoms with van der Waals surface area (Å²) < 4.78 is 32.3. The number of ether oxygens (including phenoxy) is 4. The largest absolute Gasteiger partial charge is 2.00 e. The average molecular weight is 1360 g/mol. The van der Waals surface area contributed by atoms with Gasteiger partial charge in [0.25, 0.3) is 0 Å². The van der Waals surface area contributed by atoms with E-state index in [4.69, 9.17) is 29.6 Å². The Morgan fingerprint density at radius 1 is 0.315 bits per heavy atom. The third kappa shape index (κ3) is 15.2. The van der Waals surface area contributed by atoms with Gasteiger partial charge in [-0.25, -0.2) is 0 Å². The fraction of sp³-hybridized carbons (Fsp3) is 0.647. The first-order valence-corrected chi connectivity index (χ1v) is 32.4. The molecule has 9 aliphatic rings. The van der Waals surface area contributed by atoms with Crippen molar-refractivity contribution in [1.82, 2.24) is 49.8 Å². The maximum absolute atomic E-state index is 7.34. The Labute approximate surface area is 570 Å². The van der Waals surface area contributed by atoms with Crippen LogP contribution in [-0.2, 0) is 19.5 Å². The van der Waals surface area contributed by atoms with Crippen LogP contribution in [0, 0.1) is 47.3 Å². The summed E-state index contributed by atoms with van der Waals surface area (Å²) in [4.78, 5) is 0. The van der Waals surface area contributed by atoms with Crippen LogP contribution in [0.4, 0.5) is 22.7 Å². The SMILES string of the molecule is C[N+](C)(C)c1cccc(OC2CCCC3C4[N-]C(NC5NC(NC6[N-]C(NC7NC(N4)C4C(Oc8cccc([N+](C)(C)C)c8)CCCC74)C4C(Oc7cccc([N+](C)(C)C)c7)CCCC64)C4C(Oc6cccc([N+](C)(C)C)c6)CCCC54)C23)c1.[Cl-].[Cl-].[Cl-].[Cl-].[Zn+2]. The van der Waals surface area contributed by atoms with E-state index in [0.717, 1.165) is 118 Å². The molecule has 4 aliphatic carbocycles. The standard InChI is InChI=1S/C68H102N12O4.4ClH.Zn/c1-77(2,3)41-21-13-25-45(37-41)81-53-33-17-29-49-57(53)65-69-61(49)74-66-59-51(31-19-35-55(59)83-47-27-15-23-43(39-47)79(7,8)9)63(71-66)76-68-60-52(32-20-36-56(60)84-48-28-16-24-44(40-48)80(10,11)12)64(72-68)75-67-58-50(62(70-67)73-65)30-18-34-54(58)82-46-26-14-22-42(38-46)78(4,5)6;;;;;/h13-16,21-28,37-40,49-69,72-76H,17-20,29-36H2,1-12H3;4*1H;/q+2;;;;;+2/p-4. The van der Waals surface area contributed by atoms with Crippen LogP contribution in [0.3, 0.4) is 0 Å². The zero-order valence-electron chi connectivity index (χ0n) is 54.8. The topological polar surface area (TPSA) is 137 Å². The van der Waals surface area contributed by atoms with Gasteiger partial charge in [-0.2, -0.15) is 0 Å². The molecule has 4 aromatic rings. The molecule has 21 heteroatoms. The van der Waals surface area contributed by atoms with Gasteiger partial charge in [0.1, 0.15) is 70.2 Å². The van der Waals surface area contributed by atoms with Crippen molar-refractivity contribution in [3.05, 3.63) is 108 Å². The van der Waals surface area contributed by atoms with Crippen LogP contribution in [-0.4, -0.2) is 158 Å². The van der Waals surface area contributed by atoms with Crippen molar-refractivity contribution in [2.45, 2.75) is 151 Å². The summed E-state index contributed by atoms with van der Waals surface area (Å²) in [6, 6.07) is 35.2. The third-order valence-electron chi connectivity index (χ3n) is 21.2. The minimum absolute atomic E-state index is 0. The minimum Gasteiger partial charge on any atom is -1.00 e. The van der Waals surface area contributed by atoms with E-state index in [2.05, 4.69) is 214 Å². The Balaban J connectivity index is 0.00000205. The molecule has 5 heterocycles. The van der Waals surface area contributed by atoms with Gasteiger partial charge < -0.3 is 100 Å². The number of benzene rings is 4. The van der Waals surface area contributed by atoms with Crippen molar-refractivity contribution in [2.24, 2.45) is 47.3 Å². The van der Waals surface area contributed by atoms with Gasteiger partial charge >= 0.3 is 19.5 Å². The van der Waals surface area contributed by atoms with Gasteiger partial charge in [0.2, 0.25) is 0 Å². The van der Waals surface area contributed by atoms with Gasteiger partial charge in [-0.3, -0.25) is 28.6 Å². The van der Waals surface area contributed by atoms with E-state index in [1.165, 1.54) is 22.7 Å². The number of hydrogen-bond acceptors (Lipinski definition) is 10. The molecule has 5 aliphatic heterocycles. The van der Waals surface area contributed by atoms with E-state index >= 15 is 0 Å². The fourth-order valence-corrected chi connectivity index (χ4v) is 17.0. The first kappa shape index (κ1) is 72.2. The molecule has 0 aromatic heterocycles. The van der Waals surface area contributed by atoms with Gasteiger partial charge in [0.05, 0.1) is 109 Å². The second-order valence-corrected chi connectivity index (χ2v) is 30.3. The van der Waals surface area contributed by atoms with Crippen LogP contribution in [0.25, 0.3) is 10.6 Å². The molecule has 8 bridgehead atoms. The molecule has 0 amide bonds. The van der Waals surface area contributed by atoms with Crippen LogP contribution < -0.4 is 118 Å². The number of halogens is 4. The minimum atomic E-state index is -0.147. The Kier molecular flexibility index (Phi) is 23.3. The molecule has 0 radical (unpaired) electrons. The molecule has 4 saturated carbocycles. The van der Waals surface area contributed by atoms with Gasteiger partial charge in [-0.1, -0.05) is 61.8 Å². The van der Waals surface area contributed by atoms with E-state index in [1.54, 1.807) is 0 Å². The van der Waals surface area contributed by atoms with Crippen molar-refractivity contribution in [1.29, 1.82) is 0 Å². The molecular weight excluding hydrogens is 1260 g/mol. The molecule has 4 aromatic carbocycles. The molecule has 20 atom stereocenters. The number of quaternary nitrogens is 4. The van der Waals surface area contributed by atoms with E-state index in [9.17, 15) is 0 Å². The van der Waals surface area contributed by atoms with Gasteiger partial charge in [-0.15, -0.1) is 0 Å². The summed E-state index contributed by atoms with van der Waals surface area (Å²) in [5.41, 5.74) is 4.92. The van der Waals surface area contributed by atoms with Crippen molar-refractivity contribution in [3.8, 4) is 23.0 Å². The van der Waals surface area contributed by atoms with Crippen LogP contribution in [0.15, 0.2) is 97.1 Å². The molecule has 0 spiro atoms. The number of rotatable bonds is 12. The third-order valence-corrected chi connectivity index (χ3v) is 21.2. The summed E-state index contributed by atoms with van der Waals surface area (Å²) in [6.45, 7) is 0. The molecule has 13 rings (SSSR count). The maximum atomic E-state index is 7.34. The van der Waals surface area contributed by atoms with Crippen LogP contribution in [0.2, 0.25) is 0 Å². The first-order valence-electron chi connectivity index (χ1n) is 32.4. The molecular formula is C68H102Cl4N12O4Zn. The van der Waals surface area contributed by atoms with E-state index in [0.29, 0.717) is 11.8 Å². The number of fused-ring (bicyclic) bond motifs is 20. The Morgan fingerprint density at radius 3 is 0.854 bits per heavy atom. The Bertz CT molecular complexity index is 2580. The predicted molar refractivity (Wildman–Crippen MR) is 341 cm³/mol. The molecule has 89 heavy (non-hydrogen) atoms. The van der Waals surface area contributed by atoms with E-state index in [1.807, 2.05) is 0 Å². The zero-order valence-corrected chi connectivity index (χ0v) is 60.8. The summed E-state index contributed by atoms with van der Waals surface area (Å²) >= 11 is 0. The summed E-state index contributed by atoms with van der Waals surface area (Å²) in [5, 5.41) is 38.2. The number of hydrogen-bond donors (Lipinski definition) is 6. The van der Waals surface area contributed by atoms with Crippen LogP contribution in [0.1, 0.15) is 77.0 Å². The van der Waals surface area contributed by atoms with Crippen molar-refractivity contribution >= 4 is 22.7 Å². The van der Waals surface area contributed by atoms with Gasteiger partial charge in [0, 0.05) is 36.1 Å². The van der Waals surface area contributed by atoms with E-state index in [-0.39, 0.29) is 178 Å². The van der Waals surface area contributed by atoms with Crippen LogP contribution in [0.5, 0.6) is 23.0 Å². The Hall–Kier alpha value is -2.62. The van der Waals surface area contributed by atoms with Crippen molar-refractivity contribution < 1.29 is 88.1 Å². The van der Waals surface area contributed by atoms with Crippen molar-refractivity contribution in [2.75, 3.05) is 84.6 Å². The maximum Gasteiger partial charge on any atom is 2.00 e. The Morgan fingerprint density at radius 2 is 0.573 bits per heavy atom. The average Bonchev–Trinajstić information content (AvgIpc) is 1.71. The fourth-order valence-electron chi connectivity index (χ4n) is 17.0. The summed E-state index contributed by atoms with van der Waals surface area (Å²) in [6.07, 6.45) is 12.1. The first-order chi connectivity index (χ1) is 40.1. The molecule has 488 valence electrons. The quantitative estimate of drug-likeness (QED) is 0.0654. The van der Waals surface area contributed by atoms with Gasteiger partial charge in [0.15, 0.2) is 0 Å². The monoisotopic (exact) mass is 1350 g/mol. The molecule has 9 fully saturated rings. The van der Waals surface area contributed by atoms with Gasteiger partial charge in [-0.05, 0) is 148 Å².